The zero-order valence-electron chi connectivity index (χ0n) is 7.29. The van der Waals surface area contributed by atoms with Crippen LogP contribution >= 0.6 is 0 Å². The molecule has 0 bridgehead atoms. The van der Waals surface area contributed by atoms with Crippen LogP contribution in [0, 0.1) is 5.82 Å². The Labute approximate surface area is 76.0 Å². The van der Waals surface area contributed by atoms with E-state index in [-0.39, 0.29) is 5.82 Å². The largest absolute Gasteiger partial charge is 0.286 e. The second kappa shape index (κ2) is 4.35. The SMILES string of the molecule is C=NN/C=C(\C)c1ccc(F)cn1. The zero-order valence-corrected chi connectivity index (χ0v) is 7.29. The summed E-state index contributed by atoms with van der Waals surface area (Å²) in [7, 11) is 0. The van der Waals surface area contributed by atoms with E-state index in [0.29, 0.717) is 5.69 Å². The molecule has 13 heavy (non-hydrogen) atoms. The number of hydrogen-bond acceptors (Lipinski definition) is 3. The normalized spacial score (nSPS) is 11.1. The number of nitrogens with zero attached hydrogens (tertiary/aromatic N) is 2. The Hall–Kier alpha value is -1.71. The van der Waals surface area contributed by atoms with Crippen LogP contribution < -0.4 is 5.43 Å². The van der Waals surface area contributed by atoms with Gasteiger partial charge in [0.05, 0.1) is 11.9 Å². The molecule has 0 aliphatic heterocycles. The van der Waals surface area contributed by atoms with Gasteiger partial charge >= 0.3 is 0 Å². The minimum atomic E-state index is -0.341. The molecule has 0 spiro atoms. The van der Waals surface area contributed by atoms with Crippen LogP contribution in [0.4, 0.5) is 4.39 Å². The highest BCUT2D eigenvalue weighted by molar-refractivity contribution is 5.59. The number of hydrogen-bond donors (Lipinski definition) is 1. The number of allylic oxidation sites excluding steroid dienone is 1. The standard InChI is InChI=1S/C9H10FN3/c1-7(5-13-11-2)9-4-3-8(10)6-12-9/h3-6,13H,2H2,1H3/b7-5+. The van der Waals surface area contributed by atoms with Gasteiger partial charge in [-0.05, 0) is 24.6 Å². The van der Waals surface area contributed by atoms with Crippen molar-refractivity contribution < 1.29 is 4.39 Å². The molecule has 1 rings (SSSR count). The van der Waals surface area contributed by atoms with E-state index in [0.717, 1.165) is 5.57 Å². The Balaban J connectivity index is 2.82. The maximum absolute atomic E-state index is 12.5. The van der Waals surface area contributed by atoms with Gasteiger partial charge < -0.3 is 0 Å². The van der Waals surface area contributed by atoms with Crippen LogP contribution in [0.3, 0.4) is 0 Å². The third kappa shape index (κ3) is 2.66. The highest BCUT2D eigenvalue weighted by Crippen LogP contribution is 2.09. The van der Waals surface area contributed by atoms with E-state index in [1.165, 1.54) is 12.3 Å². The van der Waals surface area contributed by atoms with Crippen molar-refractivity contribution in [1.29, 1.82) is 0 Å². The Bertz CT molecular complexity index is 316. The molecule has 0 saturated heterocycles. The summed E-state index contributed by atoms with van der Waals surface area (Å²) in [5, 5.41) is 3.44. The second-order valence-electron chi connectivity index (χ2n) is 2.48. The van der Waals surface area contributed by atoms with Gasteiger partial charge in [0.1, 0.15) is 5.82 Å². The first kappa shape index (κ1) is 9.38. The molecule has 0 unspecified atom stereocenters. The van der Waals surface area contributed by atoms with Crippen LogP contribution in [0.5, 0.6) is 0 Å². The molecular formula is C9H10FN3. The minimum Gasteiger partial charge on any atom is -0.286 e. The van der Waals surface area contributed by atoms with Crippen molar-refractivity contribution in [2.45, 2.75) is 6.92 Å². The number of halogens is 1. The summed E-state index contributed by atoms with van der Waals surface area (Å²) in [6.07, 6.45) is 2.82. The highest BCUT2D eigenvalue weighted by atomic mass is 19.1. The molecule has 3 nitrogen and oxygen atoms in total. The smallest absolute Gasteiger partial charge is 0.141 e. The molecule has 68 valence electrons. The van der Waals surface area contributed by atoms with Crippen molar-refractivity contribution in [3.63, 3.8) is 0 Å². The first-order valence-corrected chi connectivity index (χ1v) is 3.74. The topological polar surface area (TPSA) is 37.3 Å². The lowest BCUT2D eigenvalue weighted by atomic mass is 10.2. The lowest BCUT2D eigenvalue weighted by Crippen LogP contribution is -1.94. The van der Waals surface area contributed by atoms with E-state index in [4.69, 9.17) is 0 Å². The summed E-state index contributed by atoms with van der Waals surface area (Å²) in [5.41, 5.74) is 4.15. The zero-order chi connectivity index (χ0) is 9.68. The van der Waals surface area contributed by atoms with Crippen molar-refractivity contribution in [1.82, 2.24) is 10.4 Å². The maximum Gasteiger partial charge on any atom is 0.141 e. The van der Waals surface area contributed by atoms with Gasteiger partial charge in [0.25, 0.3) is 0 Å². The van der Waals surface area contributed by atoms with E-state index in [9.17, 15) is 4.39 Å². The summed E-state index contributed by atoms with van der Waals surface area (Å²) in [6, 6.07) is 2.97. The molecule has 0 aliphatic rings. The van der Waals surface area contributed by atoms with Gasteiger partial charge in [0, 0.05) is 12.9 Å². The Kier molecular flexibility index (Phi) is 3.14. The quantitative estimate of drug-likeness (QED) is 0.567. The minimum absolute atomic E-state index is 0.341. The van der Waals surface area contributed by atoms with Gasteiger partial charge in [0.2, 0.25) is 0 Å². The molecule has 0 fully saturated rings. The van der Waals surface area contributed by atoms with Crippen LogP contribution in [-0.4, -0.2) is 11.7 Å². The van der Waals surface area contributed by atoms with E-state index in [1.54, 1.807) is 12.3 Å². The van der Waals surface area contributed by atoms with Crippen LogP contribution in [-0.2, 0) is 0 Å². The van der Waals surface area contributed by atoms with Crippen molar-refractivity contribution in [3.05, 3.63) is 36.0 Å². The molecule has 1 N–H and O–H groups in total. The molecule has 1 aromatic heterocycles. The maximum atomic E-state index is 12.5. The summed E-state index contributed by atoms with van der Waals surface area (Å²) in [6.45, 7) is 5.10. The van der Waals surface area contributed by atoms with E-state index >= 15 is 0 Å². The molecule has 1 aromatic rings. The van der Waals surface area contributed by atoms with Crippen molar-refractivity contribution in [2.24, 2.45) is 5.10 Å². The second-order valence-corrected chi connectivity index (χ2v) is 2.48. The van der Waals surface area contributed by atoms with Gasteiger partial charge in [-0.15, -0.1) is 0 Å². The number of hydrazone groups is 1. The lowest BCUT2D eigenvalue weighted by Gasteiger charge is -1.99. The molecule has 1 heterocycles. The van der Waals surface area contributed by atoms with Crippen molar-refractivity contribution >= 4 is 12.3 Å². The highest BCUT2D eigenvalue weighted by Gasteiger charge is 1.96. The van der Waals surface area contributed by atoms with Crippen LogP contribution in [0.2, 0.25) is 0 Å². The average molecular weight is 179 g/mol. The Morgan fingerprint density at radius 1 is 1.69 bits per heavy atom. The number of pyridine rings is 1. The van der Waals surface area contributed by atoms with Crippen molar-refractivity contribution in [2.75, 3.05) is 0 Å². The van der Waals surface area contributed by atoms with E-state index in [2.05, 4.69) is 22.2 Å². The first-order valence-electron chi connectivity index (χ1n) is 3.74. The van der Waals surface area contributed by atoms with Gasteiger partial charge in [-0.25, -0.2) is 4.39 Å². The number of aromatic nitrogens is 1. The van der Waals surface area contributed by atoms with Crippen LogP contribution in [0.15, 0.2) is 29.6 Å². The summed E-state index contributed by atoms with van der Waals surface area (Å²) < 4.78 is 12.5. The fraction of sp³-hybridized carbons (Fsp3) is 0.111. The van der Waals surface area contributed by atoms with Crippen LogP contribution in [0.1, 0.15) is 12.6 Å². The fourth-order valence-electron chi connectivity index (χ4n) is 0.825. The molecular weight excluding hydrogens is 169 g/mol. The third-order valence-electron chi connectivity index (χ3n) is 1.50. The molecule has 0 aliphatic carbocycles. The van der Waals surface area contributed by atoms with Gasteiger partial charge in [-0.3, -0.25) is 10.4 Å². The van der Waals surface area contributed by atoms with E-state index in [1.807, 2.05) is 6.92 Å². The lowest BCUT2D eigenvalue weighted by molar-refractivity contribution is 0.621. The molecule has 0 radical (unpaired) electrons. The molecule has 4 heteroatoms. The molecule has 0 atom stereocenters. The number of rotatable bonds is 3. The Morgan fingerprint density at radius 2 is 2.46 bits per heavy atom. The Morgan fingerprint density at radius 3 is 3.00 bits per heavy atom. The molecule has 0 amide bonds. The fourth-order valence-corrected chi connectivity index (χ4v) is 0.825. The van der Waals surface area contributed by atoms with E-state index < -0.39 is 0 Å². The predicted molar refractivity (Wildman–Crippen MR) is 50.5 cm³/mol. The summed E-state index contributed by atoms with van der Waals surface area (Å²) >= 11 is 0. The molecule has 0 aromatic carbocycles. The monoisotopic (exact) mass is 179 g/mol. The summed E-state index contributed by atoms with van der Waals surface area (Å²) in [5.74, 6) is -0.341. The van der Waals surface area contributed by atoms with Crippen LogP contribution in [0.25, 0.3) is 5.57 Å². The van der Waals surface area contributed by atoms with Crippen molar-refractivity contribution in [3.8, 4) is 0 Å². The summed E-state index contributed by atoms with van der Waals surface area (Å²) in [4.78, 5) is 3.89. The predicted octanol–water partition coefficient (Wildman–Crippen LogP) is 1.79. The molecule has 0 saturated carbocycles. The average Bonchev–Trinajstić information content (AvgIpc) is 2.15. The van der Waals surface area contributed by atoms with Gasteiger partial charge in [-0.2, -0.15) is 5.10 Å². The van der Waals surface area contributed by atoms with Gasteiger partial charge in [-0.1, -0.05) is 0 Å². The van der Waals surface area contributed by atoms with Gasteiger partial charge in [0.15, 0.2) is 0 Å². The number of nitrogens with one attached hydrogen (secondary N) is 1. The first-order chi connectivity index (χ1) is 6.24. The third-order valence-corrected chi connectivity index (χ3v) is 1.50.